The average Bonchev–Trinajstić information content (AvgIpc) is 2.91. The van der Waals surface area contributed by atoms with Crippen molar-refractivity contribution < 1.29 is 4.74 Å². The zero-order valence-corrected chi connectivity index (χ0v) is 12.3. The maximum Gasteiger partial charge on any atom is 0.180 e. The van der Waals surface area contributed by atoms with Crippen LogP contribution in [0.4, 0.5) is 5.82 Å². The number of anilines is 1. The fraction of sp³-hybridized carbons (Fsp3) is 0.333. The smallest absolute Gasteiger partial charge is 0.180 e. The molecule has 3 aromatic heterocycles. The van der Waals surface area contributed by atoms with Gasteiger partial charge in [0.2, 0.25) is 0 Å². The molecule has 22 heavy (non-hydrogen) atoms. The van der Waals surface area contributed by atoms with E-state index < -0.39 is 0 Å². The molecule has 0 N–H and O–H groups in total. The van der Waals surface area contributed by atoms with Crippen molar-refractivity contribution in [3.8, 4) is 11.5 Å². The number of aromatic nitrogens is 5. The summed E-state index contributed by atoms with van der Waals surface area (Å²) >= 11 is 0. The van der Waals surface area contributed by atoms with Crippen molar-refractivity contribution in [1.82, 2.24) is 24.3 Å². The molecule has 1 aliphatic rings. The molecule has 4 rings (SSSR count). The first kappa shape index (κ1) is 13.1. The Morgan fingerprint density at radius 1 is 1.14 bits per heavy atom. The van der Waals surface area contributed by atoms with Gasteiger partial charge in [0.25, 0.3) is 0 Å². The Bertz CT molecular complexity index is 809. The molecule has 0 radical (unpaired) electrons. The molecule has 0 bridgehead atoms. The minimum absolute atomic E-state index is 0.681. The fourth-order valence-electron chi connectivity index (χ4n) is 2.73. The second-order valence-electron chi connectivity index (χ2n) is 5.19. The van der Waals surface area contributed by atoms with Gasteiger partial charge in [-0.1, -0.05) is 0 Å². The van der Waals surface area contributed by atoms with Crippen LogP contribution in [0.2, 0.25) is 0 Å². The van der Waals surface area contributed by atoms with E-state index in [-0.39, 0.29) is 0 Å². The molecule has 1 saturated heterocycles. The second kappa shape index (κ2) is 5.34. The first-order chi connectivity index (χ1) is 10.8. The molecule has 0 atom stereocenters. The number of rotatable bonds is 2. The molecule has 7 heteroatoms. The molecule has 1 fully saturated rings. The van der Waals surface area contributed by atoms with Crippen molar-refractivity contribution in [2.45, 2.75) is 6.92 Å². The molecule has 0 aromatic carbocycles. The van der Waals surface area contributed by atoms with Gasteiger partial charge in [-0.3, -0.25) is 9.38 Å². The van der Waals surface area contributed by atoms with Gasteiger partial charge in [-0.15, -0.1) is 0 Å². The summed E-state index contributed by atoms with van der Waals surface area (Å²) in [5.41, 5.74) is 2.61. The number of fused-ring (bicyclic) bond motifs is 1. The van der Waals surface area contributed by atoms with Crippen LogP contribution in [-0.4, -0.2) is 50.6 Å². The van der Waals surface area contributed by atoms with Crippen LogP contribution in [0, 0.1) is 6.92 Å². The quantitative estimate of drug-likeness (QED) is 0.710. The van der Waals surface area contributed by atoms with Crippen molar-refractivity contribution in [1.29, 1.82) is 0 Å². The highest BCUT2D eigenvalue weighted by molar-refractivity contribution is 5.61. The van der Waals surface area contributed by atoms with E-state index in [9.17, 15) is 0 Å². The van der Waals surface area contributed by atoms with Crippen LogP contribution >= 0.6 is 0 Å². The second-order valence-corrected chi connectivity index (χ2v) is 5.19. The zero-order chi connectivity index (χ0) is 14.9. The van der Waals surface area contributed by atoms with Crippen molar-refractivity contribution in [2.24, 2.45) is 0 Å². The van der Waals surface area contributed by atoms with E-state index in [1.165, 1.54) is 0 Å². The molecule has 0 saturated carbocycles. The Morgan fingerprint density at radius 3 is 2.86 bits per heavy atom. The van der Waals surface area contributed by atoms with E-state index >= 15 is 0 Å². The van der Waals surface area contributed by atoms with Gasteiger partial charge in [-0.25, -0.2) is 15.0 Å². The van der Waals surface area contributed by atoms with Gasteiger partial charge in [-0.2, -0.15) is 0 Å². The summed E-state index contributed by atoms with van der Waals surface area (Å²) in [7, 11) is 0. The van der Waals surface area contributed by atoms with Crippen molar-refractivity contribution in [2.75, 3.05) is 31.2 Å². The Balaban J connectivity index is 1.80. The molecule has 0 amide bonds. The van der Waals surface area contributed by atoms with Crippen molar-refractivity contribution in [3.05, 3.63) is 36.5 Å². The highest BCUT2D eigenvalue weighted by atomic mass is 16.5. The summed E-state index contributed by atoms with van der Waals surface area (Å²) in [4.78, 5) is 20.0. The number of hydrogen-bond acceptors (Lipinski definition) is 6. The van der Waals surface area contributed by atoms with E-state index in [0.29, 0.717) is 5.82 Å². The Hall–Kier alpha value is -2.54. The Morgan fingerprint density at radius 2 is 2.00 bits per heavy atom. The minimum Gasteiger partial charge on any atom is -0.378 e. The third-order valence-electron chi connectivity index (χ3n) is 3.79. The SMILES string of the molecule is Cc1nc2cnccn2c1-c1nccc(N2CCOCC2)n1. The first-order valence-corrected chi connectivity index (χ1v) is 7.28. The minimum atomic E-state index is 0.681. The Labute approximate surface area is 127 Å². The van der Waals surface area contributed by atoms with Gasteiger partial charge in [-0.05, 0) is 13.0 Å². The first-order valence-electron chi connectivity index (χ1n) is 7.28. The van der Waals surface area contributed by atoms with Gasteiger partial charge in [0.15, 0.2) is 11.5 Å². The predicted octanol–water partition coefficient (Wildman–Crippen LogP) is 1.33. The molecule has 1 aliphatic heterocycles. The summed E-state index contributed by atoms with van der Waals surface area (Å²) in [5.74, 6) is 1.61. The van der Waals surface area contributed by atoms with Gasteiger partial charge in [0.05, 0.1) is 25.1 Å². The molecule has 0 unspecified atom stereocenters. The standard InChI is InChI=1S/C15H16N6O/c1-11-14(21-5-4-16-10-13(21)18-11)15-17-3-2-12(19-15)20-6-8-22-9-7-20/h2-5,10H,6-9H2,1H3. The van der Waals surface area contributed by atoms with E-state index in [0.717, 1.165) is 49.2 Å². The fourth-order valence-corrected chi connectivity index (χ4v) is 2.73. The molecule has 0 aliphatic carbocycles. The zero-order valence-electron chi connectivity index (χ0n) is 12.3. The Kier molecular flexibility index (Phi) is 3.19. The summed E-state index contributed by atoms with van der Waals surface area (Å²) in [6.45, 7) is 5.14. The summed E-state index contributed by atoms with van der Waals surface area (Å²) in [5, 5.41) is 0. The van der Waals surface area contributed by atoms with E-state index in [1.54, 1.807) is 18.6 Å². The third-order valence-corrected chi connectivity index (χ3v) is 3.79. The van der Waals surface area contributed by atoms with Gasteiger partial charge in [0, 0.05) is 31.7 Å². The number of aryl methyl sites for hydroxylation is 1. The lowest BCUT2D eigenvalue weighted by Crippen LogP contribution is -2.36. The molecular formula is C15H16N6O. The molecule has 4 heterocycles. The van der Waals surface area contributed by atoms with Crippen LogP contribution in [0.15, 0.2) is 30.9 Å². The topological polar surface area (TPSA) is 68.4 Å². The molecule has 3 aromatic rings. The summed E-state index contributed by atoms with van der Waals surface area (Å²) in [6, 6.07) is 1.94. The van der Waals surface area contributed by atoms with Gasteiger partial charge < -0.3 is 9.64 Å². The number of nitrogens with zero attached hydrogens (tertiary/aromatic N) is 6. The normalized spacial score (nSPS) is 15.4. The van der Waals surface area contributed by atoms with Crippen LogP contribution in [0.25, 0.3) is 17.2 Å². The lowest BCUT2D eigenvalue weighted by molar-refractivity contribution is 0.122. The largest absolute Gasteiger partial charge is 0.378 e. The molecule has 0 spiro atoms. The number of ether oxygens (including phenoxy) is 1. The lowest BCUT2D eigenvalue weighted by atomic mass is 10.3. The van der Waals surface area contributed by atoms with Crippen LogP contribution in [0.5, 0.6) is 0 Å². The van der Waals surface area contributed by atoms with Crippen LogP contribution in [0.3, 0.4) is 0 Å². The summed E-state index contributed by atoms with van der Waals surface area (Å²) < 4.78 is 7.37. The third kappa shape index (κ3) is 2.19. The monoisotopic (exact) mass is 296 g/mol. The maximum absolute atomic E-state index is 5.39. The highest BCUT2D eigenvalue weighted by Gasteiger charge is 2.17. The molecule has 112 valence electrons. The number of morpholine rings is 1. The van der Waals surface area contributed by atoms with E-state index in [1.807, 2.05) is 23.6 Å². The highest BCUT2D eigenvalue weighted by Crippen LogP contribution is 2.23. The lowest BCUT2D eigenvalue weighted by Gasteiger charge is -2.27. The van der Waals surface area contributed by atoms with E-state index in [2.05, 4.69) is 19.9 Å². The number of hydrogen-bond donors (Lipinski definition) is 0. The summed E-state index contributed by atoms with van der Waals surface area (Å²) in [6.07, 6.45) is 7.16. The number of imidazole rings is 1. The van der Waals surface area contributed by atoms with Gasteiger partial charge >= 0.3 is 0 Å². The van der Waals surface area contributed by atoms with Crippen LogP contribution < -0.4 is 4.90 Å². The van der Waals surface area contributed by atoms with Crippen molar-refractivity contribution in [3.63, 3.8) is 0 Å². The predicted molar refractivity (Wildman–Crippen MR) is 81.8 cm³/mol. The molecule has 7 nitrogen and oxygen atoms in total. The average molecular weight is 296 g/mol. The van der Waals surface area contributed by atoms with Gasteiger partial charge in [0.1, 0.15) is 11.5 Å². The van der Waals surface area contributed by atoms with Crippen molar-refractivity contribution >= 4 is 11.5 Å². The van der Waals surface area contributed by atoms with Crippen LogP contribution in [0.1, 0.15) is 5.69 Å². The molecular weight excluding hydrogens is 280 g/mol. The van der Waals surface area contributed by atoms with E-state index in [4.69, 9.17) is 9.72 Å². The maximum atomic E-state index is 5.39. The van der Waals surface area contributed by atoms with Crippen LogP contribution in [-0.2, 0) is 4.74 Å².